The van der Waals surface area contributed by atoms with Crippen molar-refractivity contribution in [1.82, 2.24) is 0 Å². The highest BCUT2D eigenvalue weighted by Gasteiger charge is 2.34. The van der Waals surface area contributed by atoms with E-state index in [0.717, 1.165) is 6.29 Å². The maximum atomic E-state index is 9.87. The minimum Gasteiger partial charge on any atom is -0.302 e. The zero-order valence-electron chi connectivity index (χ0n) is 3.83. The minimum atomic E-state index is 0.234. The van der Waals surface area contributed by atoms with Gasteiger partial charge in [-0.3, -0.25) is 0 Å². The number of hydrogen-bond donors (Lipinski definition) is 0. The van der Waals surface area contributed by atoms with E-state index in [-0.39, 0.29) is 5.25 Å². The zero-order chi connectivity index (χ0) is 5.28. The molecule has 1 heterocycles. The van der Waals surface area contributed by atoms with E-state index < -0.39 is 0 Å². The van der Waals surface area contributed by atoms with Gasteiger partial charge < -0.3 is 4.79 Å². The van der Waals surface area contributed by atoms with E-state index >= 15 is 0 Å². The molecule has 38 valence electrons. The summed E-state index contributed by atoms with van der Waals surface area (Å²) in [6.45, 7) is 3.54. The molecule has 0 aromatic carbocycles. The third-order valence-electron chi connectivity index (χ3n) is 0.928. The molecule has 0 aromatic rings. The Morgan fingerprint density at radius 1 is 1.57 bits per heavy atom. The van der Waals surface area contributed by atoms with Gasteiger partial charge in [0.2, 0.25) is 0 Å². The second-order valence-electron chi connectivity index (χ2n) is 1.44. The average molecular weight is 114 g/mol. The molecule has 0 saturated carbocycles. The summed E-state index contributed by atoms with van der Waals surface area (Å²) in [7, 11) is 0. The van der Waals surface area contributed by atoms with Crippen LogP contribution < -0.4 is 0 Å². The van der Waals surface area contributed by atoms with E-state index in [0.29, 0.717) is 5.25 Å². The Kier molecular flexibility index (Phi) is 1.19. The van der Waals surface area contributed by atoms with E-state index in [4.69, 9.17) is 0 Å². The summed E-state index contributed by atoms with van der Waals surface area (Å²) in [6, 6.07) is 0. The van der Waals surface area contributed by atoms with Crippen LogP contribution in [0.3, 0.4) is 0 Å². The second-order valence-corrected chi connectivity index (χ2v) is 2.80. The van der Waals surface area contributed by atoms with E-state index in [9.17, 15) is 4.79 Å². The SMILES string of the molecule is C=C[C@@H]1SC1C=O. The second kappa shape index (κ2) is 1.70. The number of carbonyl (C=O) groups excluding carboxylic acids is 1. The standard InChI is InChI=1S/C5H6OS/c1-2-4-5(3-6)7-4/h2-5H,1H2/t4-,5?/m0/s1. The maximum Gasteiger partial charge on any atom is 0.134 e. The Morgan fingerprint density at radius 3 is 2.43 bits per heavy atom. The van der Waals surface area contributed by atoms with Crippen LogP contribution in [-0.2, 0) is 4.79 Å². The number of carbonyl (C=O) groups is 1. The fourth-order valence-corrected chi connectivity index (χ4v) is 1.06. The van der Waals surface area contributed by atoms with E-state index in [1.54, 1.807) is 11.8 Å². The highest BCUT2D eigenvalue weighted by atomic mass is 32.2. The van der Waals surface area contributed by atoms with Crippen LogP contribution in [0.1, 0.15) is 0 Å². The van der Waals surface area contributed by atoms with Crippen LogP contribution in [0.4, 0.5) is 0 Å². The van der Waals surface area contributed by atoms with Crippen LogP contribution in [0.15, 0.2) is 12.7 Å². The van der Waals surface area contributed by atoms with Crippen LogP contribution in [0, 0.1) is 0 Å². The maximum absolute atomic E-state index is 9.87. The molecule has 2 atom stereocenters. The van der Waals surface area contributed by atoms with Crippen LogP contribution in [-0.4, -0.2) is 16.8 Å². The molecule has 0 aromatic heterocycles. The van der Waals surface area contributed by atoms with Gasteiger partial charge in [0, 0.05) is 5.25 Å². The fourth-order valence-electron chi connectivity index (χ4n) is 0.435. The van der Waals surface area contributed by atoms with Gasteiger partial charge in [0.15, 0.2) is 0 Å². The lowest BCUT2D eigenvalue weighted by molar-refractivity contribution is -0.106. The van der Waals surface area contributed by atoms with Gasteiger partial charge in [-0.2, -0.15) is 0 Å². The van der Waals surface area contributed by atoms with Gasteiger partial charge in [-0.25, -0.2) is 0 Å². The van der Waals surface area contributed by atoms with Gasteiger partial charge in [0.25, 0.3) is 0 Å². The summed E-state index contributed by atoms with van der Waals surface area (Å²) in [4.78, 5) is 9.87. The minimum absolute atomic E-state index is 0.234. The summed E-state index contributed by atoms with van der Waals surface area (Å²) in [5.74, 6) is 0. The summed E-state index contributed by atoms with van der Waals surface area (Å²) >= 11 is 1.65. The highest BCUT2D eigenvalue weighted by Crippen LogP contribution is 2.39. The van der Waals surface area contributed by atoms with Gasteiger partial charge in [-0.1, -0.05) is 6.08 Å². The smallest absolute Gasteiger partial charge is 0.134 e. The first-order valence-corrected chi connectivity index (χ1v) is 3.06. The Bertz CT molecular complexity index is 88.3. The van der Waals surface area contributed by atoms with Crippen LogP contribution in [0.2, 0.25) is 0 Å². The monoisotopic (exact) mass is 114 g/mol. The molecule has 1 unspecified atom stereocenters. The fraction of sp³-hybridized carbons (Fsp3) is 0.400. The van der Waals surface area contributed by atoms with Gasteiger partial charge in [-0.15, -0.1) is 18.3 Å². The van der Waals surface area contributed by atoms with Gasteiger partial charge in [0.1, 0.15) is 6.29 Å². The van der Waals surface area contributed by atoms with Crippen molar-refractivity contribution >= 4 is 18.0 Å². The van der Waals surface area contributed by atoms with Crippen molar-refractivity contribution in [2.45, 2.75) is 10.5 Å². The van der Waals surface area contributed by atoms with Crippen molar-refractivity contribution in [1.29, 1.82) is 0 Å². The molecule has 0 amide bonds. The summed E-state index contributed by atoms with van der Waals surface area (Å²) in [6.07, 6.45) is 2.78. The van der Waals surface area contributed by atoms with Crippen LogP contribution >= 0.6 is 11.8 Å². The predicted octanol–water partition coefficient (Wildman–Crippen LogP) is 0.855. The lowest BCUT2D eigenvalue weighted by Crippen LogP contribution is -1.88. The van der Waals surface area contributed by atoms with Crippen molar-refractivity contribution in [3.8, 4) is 0 Å². The van der Waals surface area contributed by atoms with Crippen molar-refractivity contribution in [2.24, 2.45) is 0 Å². The van der Waals surface area contributed by atoms with E-state index in [1.807, 2.05) is 6.08 Å². The van der Waals surface area contributed by atoms with E-state index in [1.165, 1.54) is 0 Å². The number of aldehydes is 1. The zero-order valence-corrected chi connectivity index (χ0v) is 4.65. The molecular formula is C5H6OS. The topological polar surface area (TPSA) is 17.1 Å². The number of thioether (sulfide) groups is 1. The van der Waals surface area contributed by atoms with Gasteiger partial charge in [0.05, 0.1) is 5.25 Å². The Labute approximate surface area is 46.8 Å². The highest BCUT2D eigenvalue weighted by molar-refractivity contribution is 8.08. The summed E-state index contributed by atoms with van der Waals surface area (Å²) < 4.78 is 0. The molecule has 2 heteroatoms. The van der Waals surface area contributed by atoms with E-state index in [2.05, 4.69) is 6.58 Å². The first-order chi connectivity index (χ1) is 3.38. The molecule has 0 N–H and O–H groups in total. The molecule has 1 saturated heterocycles. The molecule has 0 radical (unpaired) electrons. The first kappa shape index (κ1) is 4.91. The molecule has 0 aliphatic carbocycles. The molecular weight excluding hydrogens is 108 g/mol. The average Bonchev–Trinajstić information content (AvgIpc) is 2.43. The predicted molar refractivity (Wildman–Crippen MR) is 31.4 cm³/mol. The Balaban J connectivity index is 2.30. The molecule has 0 spiro atoms. The molecule has 1 nitrogen and oxygen atoms in total. The molecule has 1 fully saturated rings. The molecule has 1 rings (SSSR count). The normalized spacial score (nSPS) is 37.1. The largest absolute Gasteiger partial charge is 0.302 e. The quantitative estimate of drug-likeness (QED) is 0.301. The van der Waals surface area contributed by atoms with Crippen molar-refractivity contribution < 1.29 is 4.79 Å². The van der Waals surface area contributed by atoms with Gasteiger partial charge >= 0.3 is 0 Å². The third kappa shape index (κ3) is 0.855. The van der Waals surface area contributed by atoms with Gasteiger partial charge in [-0.05, 0) is 0 Å². The van der Waals surface area contributed by atoms with Crippen molar-refractivity contribution in [3.05, 3.63) is 12.7 Å². The lowest BCUT2D eigenvalue weighted by Gasteiger charge is -1.68. The summed E-state index contributed by atoms with van der Waals surface area (Å²) in [5, 5.41) is 0.662. The van der Waals surface area contributed by atoms with Crippen LogP contribution in [0.25, 0.3) is 0 Å². The first-order valence-electron chi connectivity index (χ1n) is 2.12. The Hall–Kier alpha value is -0.240. The summed E-state index contributed by atoms with van der Waals surface area (Å²) in [5.41, 5.74) is 0. The lowest BCUT2D eigenvalue weighted by atomic mass is 10.3. The van der Waals surface area contributed by atoms with Crippen LogP contribution in [0.5, 0.6) is 0 Å². The molecule has 1 aliphatic rings. The number of hydrogen-bond acceptors (Lipinski definition) is 2. The third-order valence-corrected chi connectivity index (χ3v) is 2.13. The molecule has 1 aliphatic heterocycles. The van der Waals surface area contributed by atoms with Crippen molar-refractivity contribution in [2.75, 3.05) is 0 Å². The van der Waals surface area contributed by atoms with Crippen molar-refractivity contribution in [3.63, 3.8) is 0 Å². The Morgan fingerprint density at radius 2 is 2.29 bits per heavy atom. The molecule has 7 heavy (non-hydrogen) atoms. The molecule has 0 bridgehead atoms. The number of rotatable bonds is 2.